The van der Waals surface area contributed by atoms with Gasteiger partial charge in [0.05, 0.1) is 12.2 Å². The molecule has 1 aliphatic heterocycles. The fourth-order valence-electron chi connectivity index (χ4n) is 4.24. The molecule has 1 amide bonds. The van der Waals surface area contributed by atoms with E-state index in [9.17, 15) is 4.79 Å². The molecule has 1 saturated carbocycles. The summed E-state index contributed by atoms with van der Waals surface area (Å²) in [6.45, 7) is 3.34. The molecule has 1 saturated heterocycles. The highest BCUT2D eigenvalue weighted by Crippen LogP contribution is 2.35. The van der Waals surface area contributed by atoms with E-state index in [0.717, 1.165) is 28.9 Å². The summed E-state index contributed by atoms with van der Waals surface area (Å²) >= 11 is 0. The van der Waals surface area contributed by atoms with Crippen molar-refractivity contribution >= 4 is 17.7 Å². The Hall–Kier alpha value is -3.25. The summed E-state index contributed by atoms with van der Waals surface area (Å²) in [5.41, 5.74) is 5.06. The van der Waals surface area contributed by atoms with E-state index in [-0.39, 0.29) is 5.91 Å². The maximum atomic E-state index is 12.5. The van der Waals surface area contributed by atoms with E-state index in [1.165, 1.54) is 50.8 Å². The van der Waals surface area contributed by atoms with Gasteiger partial charge in [0.1, 0.15) is 0 Å². The number of nitrogens with one attached hydrogen (secondary N) is 1. The molecule has 164 valence electrons. The first kappa shape index (κ1) is 20.6. The Morgan fingerprint density at radius 3 is 2.66 bits per heavy atom. The number of hydrogen-bond donors (Lipinski definition) is 1. The molecular weight excluding hydrogens is 398 g/mol. The first-order valence-corrected chi connectivity index (χ1v) is 11.5. The molecule has 1 aliphatic carbocycles. The zero-order chi connectivity index (χ0) is 21.8. The van der Waals surface area contributed by atoms with E-state index in [4.69, 9.17) is 0 Å². The third-order valence-corrected chi connectivity index (χ3v) is 6.18. The van der Waals surface area contributed by atoms with Crippen LogP contribution in [0.4, 0.5) is 5.69 Å². The Morgan fingerprint density at radius 2 is 1.88 bits per heavy atom. The Morgan fingerprint density at radius 1 is 1.06 bits per heavy atom. The largest absolute Gasteiger partial charge is 0.323 e. The lowest BCUT2D eigenvalue weighted by Gasteiger charge is -2.26. The summed E-state index contributed by atoms with van der Waals surface area (Å²) in [6, 6.07) is 10.7. The molecule has 0 atom stereocenters. The van der Waals surface area contributed by atoms with E-state index in [0.29, 0.717) is 6.04 Å². The summed E-state index contributed by atoms with van der Waals surface area (Å²) in [6.07, 6.45) is 17.2. The minimum atomic E-state index is -0.155. The van der Waals surface area contributed by atoms with E-state index in [1.807, 2.05) is 35.2 Å². The molecule has 0 radical (unpaired) electrons. The number of carbonyl (C=O) groups is 1. The molecule has 0 bridgehead atoms. The number of nitrogens with zero attached hydrogens (tertiary/aromatic N) is 4. The first-order chi connectivity index (χ1) is 15.7. The van der Waals surface area contributed by atoms with Crippen LogP contribution in [0.15, 0.2) is 61.2 Å². The molecule has 32 heavy (non-hydrogen) atoms. The van der Waals surface area contributed by atoms with Crippen molar-refractivity contribution in [3.63, 3.8) is 0 Å². The number of rotatable bonds is 7. The van der Waals surface area contributed by atoms with Crippen LogP contribution < -0.4 is 5.32 Å². The highest BCUT2D eigenvalue weighted by atomic mass is 16.1. The second-order valence-corrected chi connectivity index (χ2v) is 8.76. The molecule has 2 fully saturated rings. The van der Waals surface area contributed by atoms with Crippen molar-refractivity contribution in [2.45, 2.75) is 44.7 Å². The van der Waals surface area contributed by atoms with Crippen LogP contribution in [-0.2, 0) is 11.3 Å². The van der Waals surface area contributed by atoms with E-state index in [1.54, 1.807) is 18.5 Å². The van der Waals surface area contributed by atoms with Crippen LogP contribution in [0.1, 0.15) is 49.3 Å². The highest BCUT2D eigenvalue weighted by Gasteiger charge is 2.24. The van der Waals surface area contributed by atoms with Crippen molar-refractivity contribution in [3.05, 3.63) is 72.3 Å². The number of benzene rings is 1. The van der Waals surface area contributed by atoms with Crippen LogP contribution in [0.3, 0.4) is 0 Å². The van der Waals surface area contributed by atoms with Gasteiger partial charge in [0.25, 0.3) is 0 Å². The molecule has 2 aromatic heterocycles. The molecule has 5 rings (SSSR count). The number of pyridine rings is 1. The molecule has 6 nitrogen and oxygen atoms in total. The van der Waals surface area contributed by atoms with Crippen LogP contribution in [0.5, 0.6) is 0 Å². The smallest absolute Gasteiger partial charge is 0.248 e. The molecule has 6 heteroatoms. The third kappa shape index (κ3) is 5.14. The second-order valence-electron chi connectivity index (χ2n) is 8.76. The summed E-state index contributed by atoms with van der Waals surface area (Å²) in [5.74, 6) is -0.155. The topological polar surface area (TPSA) is 63.1 Å². The van der Waals surface area contributed by atoms with Crippen molar-refractivity contribution in [1.29, 1.82) is 0 Å². The zero-order valence-electron chi connectivity index (χ0n) is 18.3. The van der Waals surface area contributed by atoms with Gasteiger partial charge in [-0.25, -0.2) is 0 Å². The predicted molar refractivity (Wildman–Crippen MR) is 127 cm³/mol. The highest BCUT2D eigenvalue weighted by molar-refractivity contribution is 6.02. The Labute approximate surface area is 189 Å². The SMILES string of the molecule is O=C(/C=C/c1cnccc1-c1cnn(C2CC2)c1)Nc1ccc(CN2CCCCC2)cc1. The van der Waals surface area contributed by atoms with Gasteiger partial charge < -0.3 is 5.32 Å². The van der Waals surface area contributed by atoms with Crippen molar-refractivity contribution < 1.29 is 4.79 Å². The first-order valence-electron chi connectivity index (χ1n) is 11.5. The minimum absolute atomic E-state index is 0.155. The van der Waals surface area contributed by atoms with Crippen LogP contribution >= 0.6 is 0 Å². The molecule has 2 aliphatic rings. The summed E-state index contributed by atoms with van der Waals surface area (Å²) in [4.78, 5) is 19.2. The standard InChI is InChI=1S/C26H29N5O/c32-26(29-23-7-4-20(5-8-23)18-30-14-2-1-3-15-30)11-6-21-16-27-13-12-25(21)22-17-28-31(19-22)24-9-10-24/h4-8,11-13,16-17,19,24H,1-3,9-10,14-15,18H2,(H,29,32)/b11-6+. The fourth-order valence-corrected chi connectivity index (χ4v) is 4.24. The lowest BCUT2D eigenvalue weighted by molar-refractivity contribution is -0.111. The lowest BCUT2D eigenvalue weighted by Crippen LogP contribution is -2.29. The van der Waals surface area contributed by atoms with Gasteiger partial charge in [-0.15, -0.1) is 0 Å². The van der Waals surface area contributed by atoms with Gasteiger partial charge in [-0.05, 0) is 74.2 Å². The Balaban J connectivity index is 1.21. The maximum Gasteiger partial charge on any atom is 0.248 e. The Bertz CT molecular complexity index is 1090. The summed E-state index contributed by atoms with van der Waals surface area (Å²) < 4.78 is 2.03. The number of anilines is 1. The van der Waals surface area contributed by atoms with Gasteiger partial charge in [0.2, 0.25) is 5.91 Å². The quantitative estimate of drug-likeness (QED) is 0.544. The molecule has 1 N–H and O–H groups in total. The van der Waals surface area contributed by atoms with Crippen LogP contribution in [0, 0.1) is 0 Å². The van der Waals surface area contributed by atoms with Gasteiger partial charge in [-0.2, -0.15) is 5.10 Å². The monoisotopic (exact) mass is 427 g/mol. The Kier molecular flexibility index (Phi) is 6.12. The van der Waals surface area contributed by atoms with Crippen molar-refractivity contribution in [3.8, 4) is 11.1 Å². The van der Waals surface area contributed by atoms with Gasteiger partial charge in [0.15, 0.2) is 0 Å². The molecule has 0 spiro atoms. The molecule has 0 unspecified atom stereocenters. The number of likely N-dealkylation sites (tertiary alicyclic amines) is 1. The number of carbonyl (C=O) groups excluding carboxylic acids is 1. The molecule has 3 heterocycles. The molecule has 3 aromatic rings. The number of hydrogen-bond acceptors (Lipinski definition) is 4. The van der Waals surface area contributed by atoms with E-state index < -0.39 is 0 Å². The van der Waals surface area contributed by atoms with Gasteiger partial charge in [-0.1, -0.05) is 18.6 Å². The van der Waals surface area contributed by atoms with Crippen molar-refractivity contribution in [1.82, 2.24) is 19.7 Å². The van der Waals surface area contributed by atoms with Crippen LogP contribution in [0.2, 0.25) is 0 Å². The zero-order valence-corrected chi connectivity index (χ0v) is 18.3. The third-order valence-electron chi connectivity index (χ3n) is 6.18. The summed E-state index contributed by atoms with van der Waals surface area (Å²) in [5, 5.41) is 7.43. The van der Waals surface area contributed by atoms with Crippen LogP contribution in [-0.4, -0.2) is 38.7 Å². The predicted octanol–water partition coefficient (Wildman–Crippen LogP) is 4.92. The fraction of sp³-hybridized carbons (Fsp3) is 0.346. The lowest BCUT2D eigenvalue weighted by atomic mass is 10.0. The van der Waals surface area contributed by atoms with Gasteiger partial charge in [-0.3, -0.25) is 19.4 Å². The van der Waals surface area contributed by atoms with E-state index in [2.05, 4.69) is 38.6 Å². The molecular formula is C26H29N5O. The number of piperidine rings is 1. The van der Waals surface area contributed by atoms with Gasteiger partial charge >= 0.3 is 0 Å². The van der Waals surface area contributed by atoms with Crippen molar-refractivity contribution in [2.24, 2.45) is 0 Å². The summed E-state index contributed by atoms with van der Waals surface area (Å²) in [7, 11) is 0. The second kappa shape index (κ2) is 9.49. The molecule has 1 aromatic carbocycles. The number of amides is 1. The van der Waals surface area contributed by atoms with E-state index >= 15 is 0 Å². The maximum absolute atomic E-state index is 12.5. The van der Waals surface area contributed by atoms with Crippen molar-refractivity contribution in [2.75, 3.05) is 18.4 Å². The average molecular weight is 428 g/mol. The van der Waals surface area contributed by atoms with Gasteiger partial charge in [0, 0.05) is 48.0 Å². The normalized spacial score (nSPS) is 17.0. The average Bonchev–Trinajstić information content (AvgIpc) is 3.56. The number of aromatic nitrogens is 3. The van der Waals surface area contributed by atoms with Crippen LogP contribution in [0.25, 0.3) is 17.2 Å². The minimum Gasteiger partial charge on any atom is -0.323 e.